The Kier molecular flexibility index (Phi) is 3.59. The van der Waals surface area contributed by atoms with Crippen molar-refractivity contribution in [2.75, 3.05) is 20.1 Å². The molecule has 0 radical (unpaired) electrons. The first-order valence-corrected chi connectivity index (χ1v) is 7.42. The van der Waals surface area contributed by atoms with Crippen LogP contribution in [0.25, 0.3) is 0 Å². The van der Waals surface area contributed by atoms with Crippen molar-refractivity contribution < 1.29 is 4.39 Å². The van der Waals surface area contributed by atoms with Crippen LogP contribution in [0.2, 0.25) is 5.02 Å². The minimum absolute atomic E-state index is 0.151. The molecule has 0 unspecified atom stereocenters. The lowest BCUT2D eigenvalue weighted by Gasteiger charge is -2.43. The molecule has 108 valence electrons. The van der Waals surface area contributed by atoms with Gasteiger partial charge in [-0.3, -0.25) is 4.99 Å². The molecule has 3 nitrogen and oxygen atoms in total. The van der Waals surface area contributed by atoms with Gasteiger partial charge in [-0.25, -0.2) is 4.39 Å². The molecule has 2 aliphatic rings. The second-order valence-electron chi connectivity index (χ2n) is 5.71. The summed E-state index contributed by atoms with van der Waals surface area (Å²) in [7, 11) is 2.02. The van der Waals surface area contributed by atoms with Crippen molar-refractivity contribution in [1.29, 1.82) is 0 Å². The molecule has 0 atom stereocenters. The highest BCUT2D eigenvalue weighted by atomic mass is 35.5. The molecule has 20 heavy (non-hydrogen) atoms. The first-order chi connectivity index (χ1) is 9.57. The highest BCUT2D eigenvalue weighted by molar-refractivity contribution is 6.30. The van der Waals surface area contributed by atoms with E-state index in [-0.39, 0.29) is 6.04 Å². The molecule has 0 spiro atoms. The predicted octanol–water partition coefficient (Wildman–Crippen LogP) is 2.95. The number of hydrogen-bond acceptors (Lipinski definition) is 3. The Morgan fingerprint density at radius 3 is 2.95 bits per heavy atom. The topological polar surface area (TPSA) is 27.6 Å². The summed E-state index contributed by atoms with van der Waals surface area (Å²) < 4.78 is 14.8. The van der Waals surface area contributed by atoms with Gasteiger partial charge in [-0.05, 0) is 24.1 Å². The minimum Gasteiger partial charge on any atom is -0.353 e. The van der Waals surface area contributed by atoms with Crippen LogP contribution in [0, 0.1) is 0 Å². The number of halogens is 2. The number of aliphatic imine (C=N–C) groups is 1. The van der Waals surface area contributed by atoms with Crippen molar-refractivity contribution in [3.8, 4) is 0 Å². The molecule has 0 aromatic heterocycles. The van der Waals surface area contributed by atoms with E-state index in [1.165, 1.54) is 0 Å². The Balaban J connectivity index is 1.62. The number of nitrogens with one attached hydrogen (secondary N) is 1. The van der Waals surface area contributed by atoms with E-state index >= 15 is 0 Å². The zero-order valence-electron chi connectivity index (χ0n) is 11.6. The Morgan fingerprint density at radius 2 is 2.25 bits per heavy atom. The SMILES string of the molecule is CN1CCCN=C1NC1CC(F)(c2cccc(Cl)c2)C1. The van der Waals surface area contributed by atoms with Gasteiger partial charge in [-0.2, -0.15) is 0 Å². The van der Waals surface area contributed by atoms with Crippen LogP contribution in [0.3, 0.4) is 0 Å². The predicted molar refractivity (Wildman–Crippen MR) is 79.9 cm³/mol. The zero-order valence-corrected chi connectivity index (χ0v) is 12.3. The van der Waals surface area contributed by atoms with Crippen molar-refractivity contribution in [3.05, 3.63) is 34.9 Å². The molecule has 0 bridgehead atoms. The van der Waals surface area contributed by atoms with Gasteiger partial charge < -0.3 is 10.2 Å². The maximum Gasteiger partial charge on any atom is 0.193 e. The average molecular weight is 296 g/mol. The van der Waals surface area contributed by atoms with Gasteiger partial charge >= 0.3 is 0 Å². The molecule has 3 rings (SSSR count). The fourth-order valence-corrected chi connectivity index (χ4v) is 3.07. The van der Waals surface area contributed by atoms with Crippen molar-refractivity contribution in [2.24, 2.45) is 4.99 Å². The van der Waals surface area contributed by atoms with Crippen LogP contribution >= 0.6 is 11.6 Å². The maximum absolute atomic E-state index is 14.8. The molecule has 1 N–H and O–H groups in total. The fraction of sp³-hybridized carbons (Fsp3) is 0.533. The summed E-state index contributed by atoms with van der Waals surface area (Å²) in [4.78, 5) is 6.55. The number of guanidine groups is 1. The molecular formula is C15H19ClFN3. The van der Waals surface area contributed by atoms with Crippen molar-refractivity contribution in [3.63, 3.8) is 0 Å². The number of nitrogens with zero attached hydrogens (tertiary/aromatic N) is 2. The molecule has 1 aromatic rings. The molecular weight excluding hydrogens is 277 g/mol. The van der Waals surface area contributed by atoms with Gasteiger partial charge in [0.1, 0.15) is 5.67 Å². The van der Waals surface area contributed by atoms with Crippen molar-refractivity contribution in [2.45, 2.75) is 31.0 Å². The largest absolute Gasteiger partial charge is 0.353 e. The molecule has 5 heteroatoms. The second-order valence-corrected chi connectivity index (χ2v) is 6.14. The summed E-state index contributed by atoms with van der Waals surface area (Å²) in [5.74, 6) is 0.898. The number of alkyl halides is 1. The first kappa shape index (κ1) is 13.7. The summed E-state index contributed by atoms with van der Waals surface area (Å²) in [5.41, 5.74) is -0.571. The quantitative estimate of drug-likeness (QED) is 0.908. The molecule has 1 aliphatic heterocycles. The standard InChI is InChI=1S/C15H19ClFN3/c1-20-7-3-6-18-14(20)19-13-9-15(17,10-13)11-4-2-5-12(16)8-11/h2,4-5,8,13H,3,6-7,9-10H2,1H3,(H,18,19). The third-order valence-electron chi connectivity index (χ3n) is 4.09. The van der Waals surface area contributed by atoms with E-state index in [1.807, 2.05) is 13.1 Å². The Morgan fingerprint density at radius 1 is 1.45 bits per heavy atom. The summed E-state index contributed by atoms with van der Waals surface area (Å²) in [6.07, 6.45) is 2.03. The van der Waals surface area contributed by atoms with E-state index in [9.17, 15) is 4.39 Å². The maximum atomic E-state index is 14.8. The van der Waals surface area contributed by atoms with Crippen LogP contribution in [0.4, 0.5) is 4.39 Å². The van der Waals surface area contributed by atoms with E-state index in [2.05, 4.69) is 15.2 Å². The van der Waals surface area contributed by atoms with Crippen molar-refractivity contribution >= 4 is 17.6 Å². The Bertz CT molecular complexity index is 526. The number of rotatable bonds is 2. The Hall–Kier alpha value is -1.29. The van der Waals surface area contributed by atoms with Gasteiger partial charge in [-0.15, -0.1) is 0 Å². The smallest absolute Gasteiger partial charge is 0.193 e. The van der Waals surface area contributed by atoms with Gasteiger partial charge in [0.2, 0.25) is 0 Å². The third-order valence-corrected chi connectivity index (χ3v) is 4.32. The average Bonchev–Trinajstić information content (AvgIpc) is 2.39. The van der Waals surface area contributed by atoms with E-state index < -0.39 is 5.67 Å². The van der Waals surface area contributed by atoms with Crippen LogP contribution in [0.15, 0.2) is 29.3 Å². The van der Waals surface area contributed by atoms with Crippen molar-refractivity contribution in [1.82, 2.24) is 10.2 Å². The van der Waals surface area contributed by atoms with E-state index in [0.29, 0.717) is 23.4 Å². The fourth-order valence-electron chi connectivity index (χ4n) is 2.88. The summed E-state index contributed by atoms with van der Waals surface area (Å²) in [6.45, 7) is 1.86. The van der Waals surface area contributed by atoms with Crippen LogP contribution < -0.4 is 5.32 Å². The monoisotopic (exact) mass is 295 g/mol. The molecule has 0 amide bonds. The lowest BCUT2D eigenvalue weighted by molar-refractivity contribution is 0.0315. The number of hydrogen-bond donors (Lipinski definition) is 1. The second kappa shape index (κ2) is 5.24. The van der Waals surface area contributed by atoms with Gasteiger partial charge in [-0.1, -0.05) is 23.7 Å². The first-order valence-electron chi connectivity index (χ1n) is 7.04. The van der Waals surface area contributed by atoms with Gasteiger partial charge in [0.05, 0.1) is 0 Å². The van der Waals surface area contributed by atoms with Gasteiger partial charge in [0.15, 0.2) is 5.96 Å². The van der Waals surface area contributed by atoms with E-state index in [4.69, 9.17) is 11.6 Å². The molecule has 1 fully saturated rings. The summed E-state index contributed by atoms with van der Waals surface area (Å²) in [5, 5.41) is 3.94. The third kappa shape index (κ3) is 2.62. The van der Waals surface area contributed by atoms with Crippen LogP contribution in [0.1, 0.15) is 24.8 Å². The highest BCUT2D eigenvalue weighted by Crippen LogP contribution is 2.45. The van der Waals surface area contributed by atoms with Crippen LogP contribution in [-0.2, 0) is 5.67 Å². The summed E-state index contributed by atoms with van der Waals surface area (Å²) in [6, 6.07) is 7.26. The molecule has 1 aromatic carbocycles. The summed E-state index contributed by atoms with van der Waals surface area (Å²) >= 11 is 5.94. The Labute approximate surface area is 123 Å². The normalized spacial score (nSPS) is 29.6. The number of benzene rings is 1. The minimum atomic E-state index is -1.25. The molecule has 1 heterocycles. The zero-order chi connectivity index (χ0) is 14.2. The van der Waals surface area contributed by atoms with Gasteiger partial charge in [0, 0.05) is 44.0 Å². The van der Waals surface area contributed by atoms with Crippen LogP contribution in [-0.4, -0.2) is 37.0 Å². The van der Waals surface area contributed by atoms with Gasteiger partial charge in [0.25, 0.3) is 0 Å². The van der Waals surface area contributed by atoms with Crippen LogP contribution in [0.5, 0.6) is 0 Å². The lowest BCUT2D eigenvalue weighted by atomic mass is 9.73. The van der Waals surface area contributed by atoms with E-state index in [1.54, 1.807) is 18.2 Å². The van der Waals surface area contributed by atoms with E-state index in [0.717, 1.165) is 25.5 Å². The molecule has 1 aliphatic carbocycles. The molecule has 0 saturated heterocycles. The lowest BCUT2D eigenvalue weighted by Crippen LogP contribution is -2.55. The highest BCUT2D eigenvalue weighted by Gasteiger charge is 2.46. The molecule has 1 saturated carbocycles.